The van der Waals surface area contributed by atoms with Gasteiger partial charge in [-0.25, -0.2) is 9.59 Å². The van der Waals surface area contributed by atoms with Gasteiger partial charge in [-0.1, -0.05) is 41.7 Å². The second kappa shape index (κ2) is 10.4. The molecule has 3 amide bonds. The van der Waals surface area contributed by atoms with Gasteiger partial charge >= 0.3 is 12.1 Å². The number of fused-ring (bicyclic) bond motifs is 2. The van der Waals surface area contributed by atoms with Crippen molar-refractivity contribution in [2.45, 2.75) is 89.6 Å². The molecule has 10 nitrogen and oxygen atoms in total. The Morgan fingerprint density at radius 3 is 2.62 bits per heavy atom. The molecule has 2 atom stereocenters. The van der Waals surface area contributed by atoms with Crippen molar-refractivity contribution in [1.29, 1.82) is 0 Å². The van der Waals surface area contributed by atoms with E-state index in [0.717, 1.165) is 41.3 Å². The van der Waals surface area contributed by atoms with Gasteiger partial charge in [0.1, 0.15) is 28.1 Å². The topological polar surface area (TPSA) is 109 Å². The number of hydrogen-bond donors (Lipinski definition) is 1. The molecule has 1 N–H and O–H groups in total. The van der Waals surface area contributed by atoms with E-state index in [2.05, 4.69) is 20.5 Å². The van der Waals surface area contributed by atoms with Crippen LogP contribution >= 0.6 is 11.3 Å². The maximum atomic E-state index is 13.1. The Morgan fingerprint density at radius 1 is 1.16 bits per heavy atom. The highest BCUT2D eigenvalue weighted by molar-refractivity contribution is 7.11. The lowest BCUT2D eigenvalue weighted by molar-refractivity contribution is -0.140. The van der Waals surface area contributed by atoms with Crippen molar-refractivity contribution in [1.82, 2.24) is 25.5 Å². The number of ether oxygens (including phenoxy) is 1. The van der Waals surface area contributed by atoms with Crippen molar-refractivity contribution in [2.24, 2.45) is 4.99 Å². The first kappa shape index (κ1) is 25.6. The van der Waals surface area contributed by atoms with E-state index in [0.29, 0.717) is 24.9 Å². The first-order valence-electron chi connectivity index (χ1n) is 12.8. The number of amidine groups is 1. The van der Waals surface area contributed by atoms with Crippen LogP contribution in [0, 0.1) is 0 Å². The van der Waals surface area contributed by atoms with Gasteiger partial charge in [0.15, 0.2) is 0 Å². The van der Waals surface area contributed by atoms with E-state index in [1.54, 1.807) is 23.3 Å². The average molecular weight is 527 g/mol. The Morgan fingerprint density at radius 2 is 1.89 bits per heavy atom. The van der Waals surface area contributed by atoms with Crippen LogP contribution in [0.2, 0.25) is 0 Å². The standard InChI is InChI=1S/C26H34N6O4S/c1-16(28-24(33)36-26(2,3)4)27-19-12-18(13-19)22-29-30-23(37-22)21-11-10-20-14-31(21)25(34)32(20)35-15-17-8-6-5-7-9-17/h5-9,18-21H,10-15H2,1-4H3,(H,27,28,33). The van der Waals surface area contributed by atoms with Crippen LogP contribution in [-0.2, 0) is 16.2 Å². The van der Waals surface area contributed by atoms with Gasteiger partial charge < -0.3 is 9.64 Å². The number of urea groups is 1. The van der Waals surface area contributed by atoms with Crippen LogP contribution < -0.4 is 5.32 Å². The third kappa shape index (κ3) is 5.93. The van der Waals surface area contributed by atoms with E-state index >= 15 is 0 Å². The fourth-order valence-corrected chi connectivity index (χ4v) is 6.09. The zero-order valence-corrected chi connectivity index (χ0v) is 22.5. The molecule has 5 rings (SSSR count). The summed E-state index contributed by atoms with van der Waals surface area (Å²) in [6.45, 7) is 8.28. The Balaban J connectivity index is 1.13. The number of nitrogens with zero attached hydrogens (tertiary/aromatic N) is 5. The first-order chi connectivity index (χ1) is 17.7. The van der Waals surface area contributed by atoms with E-state index in [1.807, 2.05) is 56.0 Å². The van der Waals surface area contributed by atoms with Crippen LogP contribution in [0.25, 0.3) is 0 Å². The molecule has 3 fully saturated rings. The second-order valence-electron chi connectivity index (χ2n) is 10.9. The average Bonchev–Trinajstić information content (AvgIpc) is 3.38. The Bertz CT molecular complexity index is 1160. The summed E-state index contributed by atoms with van der Waals surface area (Å²) in [5, 5.41) is 15.1. The monoisotopic (exact) mass is 526 g/mol. The number of hydrogen-bond acceptors (Lipinski definition) is 8. The second-order valence-corrected chi connectivity index (χ2v) is 11.9. The number of carbonyl (C=O) groups is 2. The predicted molar refractivity (Wildman–Crippen MR) is 139 cm³/mol. The van der Waals surface area contributed by atoms with Crippen molar-refractivity contribution < 1.29 is 19.2 Å². The van der Waals surface area contributed by atoms with E-state index in [1.165, 1.54) is 0 Å². The van der Waals surface area contributed by atoms with Gasteiger partial charge in [0.25, 0.3) is 0 Å². The summed E-state index contributed by atoms with van der Waals surface area (Å²) in [6.07, 6.45) is 2.95. The molecule has 11 heteroatoms. The number of aromatic nitrogens is 2. The van der Waals surface area contributed by atoms with Gasteiger partial charge in [-0.2, -0.15) is 5.06 Å². The summed E-state index contributed by atoms with van der Waals surface area (Å²) in [6, 6.07) is 9.94. The number of amides is 3. The quantitative estimate of drug-likeness (QED) is 0.428. The summed E-state index contributed by atoms with van der Waals surface area (Å²) in [5.74, 6) is 0.852. The molecular weight excluding hydrogens is 492 g/mol. The van der Waals surface area contributed by atoms with Crippen molar-refractivity contribution in [3.63, 3.8) is 0 Å². The lowest BCUT2D eigenvalue weighted by Crippen LogP contribution is -2.36. The fourth-order valence-electron chi connectivity index (χ4n) is 4.97. The zero-order valence-electron chi connectivity index (χ0n) is 21.7. The van der Waals surface area contributed by atoms with Crippen molar-refractivity contribution in [3.05, 3.63) is 45.9 Å². The summed E-state index contributed by atoms with van der Waals surface area (Å²) in [7, 11) is 0. The van der Waals surface area contributed by atoms with Gasteiger partial charge in [-0.3, -0.25) is 15.1 Å². The minimum Gasteiger partial charge on any atom is -0.444 e. The molecule has 2 saturated heterocycles. The molecular formula is C26H34N6O4S. The molecule has 1 saturated carbocycles. The summed E-state index contributed by atoms with van der Waals surface area (Å²) < 4.78 is 5.27. The molecule has 1 aromatic carbocycles. The van der Waals surface area contributed by atoms with Crippen LogP contribution in [-0.4, -0.2) is 62.3 Å². The van der Waals surface area contributed by atoms with Crippen LogP contribution in [0.1, 0.15) is 80.9 Å². The number of nitrogens with one attached hydrogen (secondary N) is 1. The molecule has 3 aliphatic rings. The number of aliphatic imine (C=N–C) groups is 1. The molecule has 1 aliphatic carbocycles. The molecule has 0 radical (unpaired) electrons. The molecule has 1 aromatic heterocycles. The minimum atomic E-state index is -0.548. The van der Waals surface area contributed by atoms with Crippen molar-refractivity contribution in [3.8, 4) is 0 Å². The summed E-state index contributed by atoms with van der Waals surface area (Å²) in [4.78, 5) is 37.5. The van der Waals surface area contributed by atoms with E-state index < -0.39 is 11.7 Å². The number of hydroxylamine groups is 2. The lowest BCUT2D eigenvalue weighted by Gasteiger charge is -2.31. The van der Waals surface area contributed by atoms with Crippen LogP contribution in [0.15, 0.2) is 35.3 Å². The fraction of sp³-hybridized carbons (Fsp3) is 0.577. The SMILES string of the molecule is CC(=NC1CC(c2nnc(C3CCC4CN3C(=O)N4OCc3ccccc3)s2)C1)NC(=O)OC(C)(C)C. The molecule has 2 aliphatic heterocycles. The number of carbonyl (C=O) groups excluding carboxylic acids is 2. The van der Waals surface area contributed by atoms with Gasteiger partial charge in [0.05, 0.1) is 18.1 Å². The highest BCUT2D eigenvalue weighted by atomic mass is 32.1. The first-order valence-corrected chi connectivity index (χ1v) is 13.6. The number of rotatable bonds is 6. The van der Waals surface area contributed by atoms with Crippen LogP contribution in [0.5, 0.6) is 0 Å². The van der Waals surface area contributed by atoms with Crippen molar-refractivity contribution in [2.75, 3.05) is 6.54 Å². The van der Waals surface area contributed by atoms with Crippen LogP contribution in [0.3, 0.4) is 0 Å². The molecule has 0 spiro atoms. The van der Waals surface area contributed by atoms with Gasteiger partial charge in [-0.05, 0) is 58.9 Å². The normalized spacial score (nSPS) is 25.7. The highest BCUT2D eigenvalue weighted by Crippen LogP contribution is 2.44. The molecule has 37 heavy (non-hydrogen) atoms. The molecule has 2 bridgehead atoms. The minimum absolute atomic E-state index is 0.0607. The van der Waals surface area contributed by atoms with Gasteiger partial charge in [-0.15, -0.1) is 10.2 Å². The Labute approximate surface area is 221 Å². The Kier molecular flexibility index (Phi) is 7.17. The number of piperidine rings is 1. The Hall–Kier alpha value is -3.05. The third-order valence-electron chi connectivity index (χ3n) is 6.80. The lowest BCUT2D eigenvalue weighted by atomic mass is 9.81. The van der Waals surface area contributed by atoms with Crippen LogP contribution in [0.4, 0.5) is 9.59 Å². The number of alkyl carbamates (subject to hydrolysis) is 1. The zero-order chi connectivity index (χ0) is 26.2. The summed E-state index contributed by atoms with van der Waals surface area (Å²) >= 11 is 1.60. The highest BCUT2D eigenvalue weighted by Gasteiger charge is 2.47. The van der Waals surface area contributed by atoms with Gasteiger partial charge in [0.2, 0.25) is 0 Å². The maximum Gasteiger partial charge on any atom is 0.413 e. The maximum absolute atomic E-state index is 13.1. The molecule has 2 aromatic rings. The van der Waals surface area contributed by atoms with E-state index in [-0.39, 0.29) is 24.2 Å². The molecule has 198 valence electrons. The largest absolute Gasteiger partial charge is 0.444 e. The van der Waals surface area contributed by atoms with Crippen molar-refractivity contribution >= 4 is 29.3 Å². The number of benzene rings is 1. The summed E-state index contributed by atoms with van der Waals surface area (Å²) in [5.41, 5.74) is 0.490. The third-order valence-corrected chi connectivity index (χ3v) is 7.98. The van der Waals surface area contributed by atoms with E-state index in [4.69, 9.17) is 9.57 Å². The smallest absolute Gasteiger partial charge is 0.413 e. The van der Waals surface area contributed by atoms with Gasteiger partial charge in [0, 0.05) is 12.5 Å². The molecule has 3 heterocycles. The molecule has 2 unspecified atom stereocenters. The van der Waals surface area contributed by atoms with E-state index in [9.17, 15) is 9.59 Å². The predicted octanol–water partition coefficient (Wildman–Crippen LogP) is 4.80.